The lowest BCUT2D eigenvalue weighted by Crippen LogP contribution is -2.27. The van der Waals surface area contributed by atoms with E-state index in [0.29, 0.717) is 16.0 Å². The fraction of sp³-hybridized carbons (Fsp3) is 0.333. The molecule has 26 heavy (non-hydrogen) atoms. The molecule has 0 radical (unpaired) electrons. The van der Waals surface area contributed by atoms with Gasteiger partial charge in [-0.2, -0.15) is 4.98 Å². The molecule has 3 heterocycles. The van der Waals surface area contributed by atoms with Crippen LogP contribution in [0.15, 0.2) is 35.4 Å². The van der Waals surface area contributed by atoms with Crippen LogP contribution in [0.3, 0.4) is 0 Å². The van der Waals surface area contributed by atoms with Crippen molar-refractivity contribution in [2.24, 2.45) is 0 Å². The van der Waals surface area contributed by atoms with E-state index in [9.17, 15) is 9.59 Å². The minimum Gasteiger partial charge on any atom is -0.348 e. The molecule has 1 N–H and O–H groups in total. The predicted molar refractivity (Wildman–Crippen MR) is 103 cm³/mol. The van der Waals surface area contributed by atoms with Crippen molar-refractivity contribution in [2.75, 3.05) is 23.3 Å². The lowest BCUT2D eigenvalue weighted by Gasteiger charge is -2.11. The zero-order valence-corrected chi connectivity index (χ0v) is 15.3. The first kappa shape index (κ1) is 16.7. The van der Waals surface area contributed by atoms with Gasteiger partial charge in [0.1, 0.15) is 17.6 Å². The maximum atomic E-state index is 12.7. The first-order valence-corrected chi connectivity index (χ1v) is 9.39. The van der Waals surface area contributed by atoms with E-state index in [0.717, 1.165) is 36.6 Å². The quantitative estimate of drug-likeness (QED) is 0.764. The fourth-order valence-corrected chi connectivity index (χ4v) is 4.00. The number of nitrogens with one attached hydrogen (secondary N) is 1. The lowest BCUT2D eigenvalue weighted by molar-refractivity contribution is -0.116. The second-order valence-electron chi connectivity index (χ2n) is 6.44. The molecular weight excluding hydrogens is 350 g/mol. The van der Waals surface area contributed by atoms with Crippen molar-refractivity contribution in [3.05, 3.63) is 46.5 Å². The zero-order valence-electron chi connectivity index (χ0n) is 14.4. The van der Waals surface area contributed by atoms with Crippen molar-refractivity contribution in [3.8, 4) is 0 Å². The molecule has 0 spiro atoms. The van der Waals surface area contributed by atoms with Gasteiger partial charge in [-0.3, -0.25) is 14.2 Å². The van der Waals surface area contributed by atoms with E-state index in [1.54, 1.807) is 0 Å². The topological polar surface area (TPSA) is 80.1 Å². The fourth-order valence-electron chi connectivity index (χ4n) is 2.98. The SMILES string of the molecule is Cc1ccc(NC(=O)Cn2cnc3nc(N4CCCC4)sc3c2=O)cc1. The Morgan fingerprint density at radius 2 is 1.96 bits per heavy atom. The number of amides is 1. The third-order valence-electron chi connectivity index (χ3n) is 4.40. The molecular formula is C18H19N5O2S. The Hall–Kier alpha value is -2.74. The van der Waals surface area contributed by atoms with Crippen molar-refractivity contribution in [2.45, 2.75) is 26.3 Å². The van der Waals surface area contributed by atoms with Crippen LogP contribution in [0.5, 0.6) is 0 Å². The summed E-state index contributed by atoms with van der Waals surface area (Å²) in [4.78, 5) is 35.8. The Morgan fingerprint density at radius 3 is 2.69 bits per heavy atom. The van der Waals surface area contributed by atoms with Gasteiger partial charge in [-0.15, -0.1) is 0 Å². The molecule has 8 heteroatoms. The average molecular weight is 369 g/mol. The smallest absolute Gasteiger partial charge is 0.273 e. The number of fused-ring (bicyclic) bond motifs is 1. The van der Waals surface area contributed by atoms with E-state index < -0.39 is 0 Å². The minimum atomic E-state index is -0.263. The van der Waals surface area contributed by atoms with Gasteiger partial charge in [0.15, 0.2) is 10.8 Å². The summed E-state index contributed by atoms with van der Waals surface area (Å²) in [5, 5.41) is 3.63. The van der Waals surface area contributed by atoms with Crippen LogP contribution in [0.2, 0.25) is 0 Å². The zero-order chi connectivity index (χ0) is 18.1. The first-order chi connectivity index (χ1) is 12.6. The van der Waals surface area contributed by atoms with Crippen molar-refractivity contribution < 1.29 is 4.79 Å². The molecule has 0 atom stereocenters. The standard InChI is InChI=1S/C18H19N5O2S/c1-12-4-6-13(7-5-12)20-14(24)10-23-11-19-16-15(17(23)25)26-18(21-16)22-8-2-3-9-22/h4-7,11H,2-3,8-10H2,1H3,(H,20,24). The summed E-state index contributed by atoms with van der Waals surface area (Å²) in [5.74, 6) is -0.263. The van der Waals surface area contributed by atoms with E-state index in [2.05, 4.69) is 20.2 Å². The molecule has 3 aromatic rings. The molecule has 1 fully saturated rings. The van der Waals surface area contributed by atoms with Gasteiger partial charge in [0.05, 0.1) is 0 Å². The van der Waals surface area contributed by atoms with E-state index in [1.807, 2.05) is 31.2 Å². The Morgan fingerprint density at radius 1 is 1.23 bits per heavy atom. The second-order valence-corrected chi connectivity index (χ2v) is 7.41. The Bertz CT molecular complexity index is 1000. The number of thiazole rings is 1. The van der Waals surface area contributed by atoms with Gasteiger partial charge in [0.25, 0.3) is 5.56 Å². The van der Waals surface area contributed by atoms with E-state index in [4.69, 9.17) is 0 Å². The van der Waals surface area contributed by atoms with Crippen LogP contribution in [-0.2, 0) is 11.3 Å². The van der Waals surface area contributed by atoms with E-state index in [-0.39, 0.29) is 18.0 Å². The van der Waals surface area contributed by atoms with Crippen LogP contribution in [0, 0.1) is 6.92 Å². The number of hydrogen-bond donors (Lipinski definition) is 1. The molecule has 7 nitrogen and oxygen atoms in total. The Balaban J connectivity index is 1.54. The van der Waals surface area contributed by atoms with Crippen molar-refractivity contribution >= 4 is 38.4 Å². The summed E-state index contributed by atoms with van der Waals surface area (Å²) in [6, 6.07) is 7.52. The number of carbonyl (C=O) groups excluding carboxylic acids is 1. The molecule has 4 rings (SSSR count). The van der Waals surface area contributed by atoms with Gasteiger partial charge >= 0.3 is 0 Å². The maximum Gasteiger partial charge on any atom is 0.273 e. The monoisotopic (exact) mass is 369 g/mol. The van der Waals surface area contributed by atoms with Crippen LogP contribution in [0.1, 0.15) is 18.4 Å². The summed E-state index contributed by atoms with van der Waals surface area (Å²) in [5.41, 5.74) is 2.05. The Kier molecular flexibility index (Phi) is 4.42. The van der Waals surface area contributed by atoms with Crippen LogP contribution in [-0.4, -0.2) is 33.5 Å². The van der Waals surface area contributed by atoms with Gasteiger partial charge in [0.2, 0.25) is 5.91 Å². The van der Waals surface area contributed by atoms with Crippen molar-refractivity contribution in [1.82, 2.24) is 14.5 Å². The first-order valence-electron chi connectivity index (χ1n) is 8.57. The van der Waals surface area contributed by atoms with Gasteiger partial charge in [-0.25, -0.2) is 4.98 Å². The third kappa shape index (κ3) is 3.32. The highest BCUT2D eigenvalue weighted by molar-refractivity contribution is 7.22. The predicted octanol–water partition coefficient (Wildman–Crippen LogP) is 2.40. The largest absolute Gasteiger partial charge is 0.348 e. The molecule has 1 aliphatic rings. The van der Waals surface area contributed by atoms with Gasteiger partial charge < -0.3 is 10.2 Å². The molecule has 1 aliphatic heterocycles. The molecule has 1 aromatic carbocycles. The number of rotatable bonds is 4. The number of carbonyl (C=O) groups is 1. The van der Waals surface area contributed by atoms with Crippen LogP contribution < -0.4 is 15.8 Å². The highest BCUT2D eigenvalue weighted by atomic mass is 32.1. The average Bonchev–Trinajstić information content (AvgIpc) is 3.29. The molecule has 134 valence electrons. The van der Waals surface area contributed by atoms with Crippen molar-refractivity contribution in [1.29, 1.82) is 0 Å². The van der Waals surface area contributed by atoms with Gasteiger partial charge in [-0.05, 0) is 31.9 Å². The summed E-state index contributed by atoms with van der Waals surface area (Å²) >= 11 is 1.36. The van der Waals surface area contributed by atoms with E-state index in [1.165, 1.54) is 22.2 Å². The highest BCUT2D eigenvalue weighted by Crippen LogP contribution is 2.27. The number of nitrogens with zero attached hydrogens (tertiary/aromatic N) is 4. The minimum absolute atomic E-state index is 0.0768. The number of benzene rings is 1. The second kappa shape index (κ2) is 6.87. The van der Waals surface area contributed by atoms with Gasteiger partial charge in [0, 0.05) is 18.8 Å². The molecule has 2 aromatic heterocycles. The Labute approximate surface area is 154 Å². The number of aryl methyl sites for hydroxylation is 1. The maximum absolute atomic E-state index is 12.7. The molecule has 0 bridgehead atoms. The summed E-state index contributed by atoms with van der Waals surface area (Å²) in [6.45, 7) is 3.84. The van der Waals surface area contributed by atoms with Crippen LogP contribution >= 0.6 is 11.3 Å². The molecule has 0 unspecified atom stereocenters. The normalized spacial score (nSPS) is 14.1. The van der Waals surface area contributed by atoms with Crippen LogP contribution in [0.25, 0.3) is 10.3 Å². The summed E-state index contributed by atoms with van der Waals surface area (Å²) in [7, 11) is 0. The number of anilines is 2. The van der Waals surface area contributed by atoms with E-state index >= 15 is 0 Å². The number of aromatic nitrogens is 3. The molecule has 1 amide bonds. The third-order valence-corrected chi connectivity index (χ3v) is 5.49. The van der Waals surface area contributed by atoms with Crippen LogP contribution in [0.4, 0.5) is 10.8 Å². The molecule has 0 aliphatic carbocycles. The summed E-state index contributed by atoms with van der Waals surface area (Å²) < 4.78 is 1.83. The van der Waals surface area contributed by atoms with Crippen molar-refractivity contribution in [3.63, 3.8) is 0 Å². The lowest BCUT2D eigenvalue weighted by atomic mass is 10.2. The van der Waals surface area contributed by atoms with Gasteiger partial charge in [-0.1, -0.05) is 29.0 Å². The molecule has 1 saturated heterocycles. The highest BCUT2D eigenvalue weighted by Gasteiger charge is 2.19. The number of hydrogen-bond acceptors (Lipinski definition) is 6. The summed E-state index contributed by atoms with van der Waals surface area (Å²) in [6.07, 6.45) is 3.69. The molecule has 0 saturated carbocycles.